The van der Waals surface area contributed by atoms with Crippen molar-refractivity contribution in [2.24, 2.45) is 0 Å². The summed E-state index contributed by atoms with van der Waals surface area (Å²) in [5.74, 6) is 0.128. The van der Waals surface area contributed by atoms with Crippen molar-refractivity contribution in [3.8, 4) is 5.82 Å². The van der Waals surface area contributed by atoms with Gasteiger partial charge < -0.3 is 5.32 Å². The van der Waals surface area contributed by atoms with Crippen LogP contribution in [-0.2, 0) is 4.79 Å². The van der Waals surface area contributed by atoms with Gasteiger partial charge in [0.05, 0.1) is 5.69 Å². The maximum atomic E-state index is 12.3. The fraction of sp³-hybridized carbons (Fsp3) is 0.214. The number of rotatable bonds is 4. The molecule has 118 valence electrons. The van der Waals surface area contributed by atoms with Crippen LogP contribution < -0.4 is 10.9 Å². The molecule has 9 heteroatoms. The summed E-state index contributed by atoms with van der Waals surface area (Å²) in [6.07, 6.45) is 3.32. The minimum atomic E-state index is -0.764. The molecule has 1 N–H and O–H groups in total. The normalized spacial score (nSPS) is 12.1. The van der Waals surface area contributed by atoms with Gasteiger partial charge in [-0.1, -0.05) is 0 Å². The third kappa shape index (κ3) is 3.19. The molecule has 0 spiro atoms. The van der Waals surface area contributed by atoms with Gasteiger partial charge in [0, 0.05) is 18.5 Å². The average Bonchev–Trinajstić information content (AvgIpc) is 3.19. The van der Waals surface area contributed by atoms with E-state index in [1.165, 1.54) is 22.3 Å². The third-order valence-electron chi connectivity index (χ3n) is 3.17. The van der Waals surface area contributed by atoms with Gasteiger partial charge in [-0.15, -0.1) is 5.10 Å². The molecule has 0 fully saturated rings. The van der Waals surface area contributed by atoms with Crippen LogP contribution in [0, 0.1) is 6.92 Å². The molecule has 0 aliphatic rings. The van der Waals surface area contributed by atoms with Gasteiger partial charge >= 0.3 is 0 Å². The Bertz CT molecular complexity index is 883. The second kappa shape index (κ2) is 6.13. The number of nitrogens with one attached hydrogen (secondary N) is 1. The van der Waals surface area contributed by atoms with Crippen LogP contribution in [0.15, 0.2) is 41.5 Å². The summed E-state index contributed by atoms with van der Waals surface area (Å²) in [5.41, 5.74) is 0.470. The molecule has 1 atom stereocenters. The molecule has 1 amide bonds. The quantitative estimate of drug-likeness (QED) is 0.780. The zero-order chi connectivity index (χ0) is 16.4. The van der Waals surface area contributed by atoms with Gasteiger partial charge in [-0.2, -0.15) is 9.47 Å². The summed E-state index contributed by atoms with van der Waals surface area (Å²) >= 11 is 1.19. The Balaban J connectivity index is 1.86. The van der Waals surface area contributed by atoms with Crippen molar-refractivity contribution in [2.45, 2.75) is 19.9 Å². The number of hydrogen-bond acceptors (Lipinski definition) is 6. The van der Waals surface area contributed by atoms with Crippen LogP contribution in [0.3, 0.4) is 0 Å². The summed E-state index contributed by atoms with van der Waals surface area (Å²) in [5, 5.41) is 11.6. The highest BCUT2D eigenvalue weighted by atomic mass is 32.1. The maximum Gasteiger partial charge on any atom is 0.267 e. The fourth-order valence-corrected chi connectivity index (χ4v) is 2.64. The third-order valence-corrected chi connectivity index (χ3v) is 3.97. The smallest absolute Gasteiger partial charge is 0.267 e. The first-order valence-electron chi connectivity index (χ1n) is 6.88. The lowest BCUT2D eigenvalue weighted by atomic mass is 10.3. The van der Waals surface area contributed by atoms with Crippen molar-refractivity contribution in [2.75, 3.05) is 5.32 Å². The lowest BCUT2D eigenvalue weighted by Crippen LogP contribution is -2.33. The standard InChI is InChI=1S/C14H14N6O2S/c1-9-8-12(23-18-9)16-14(22)10(2)20-13(21)5-4-11(17-20)19-7-3-6-15-19/h3-8,10H,1-2H3,(H,16,22). The molecule has 0 bridgehead atoms. The van der Waals surface area contributed by atoms with E-state index in [-0.39, 0.29) is 11.5 Å². The molecule has 1 unspecified atom stereocenters. The molecule has 3 aromatic heterocycles. The van der Waals surface area contributed by atoms with Gasteiger partial charge in [-0.25, -0.2) is 9.36 Å². The lowest BCUT2D eigenvalue weighted by molar-refractivity contribution is -0.119. The van der Waals surface area contributed by atoms with E-state index >= 15 is 0 Å². The summed E-state index contributed by atoms with van der Waals surface area (Å²) in [6, 6.07) is 5.68. The Morgan fingerprint density at radius 3 is 2.87 bits per heavy atom. The SMILES string of the molecule is Cc1cc(NC(=O)C(C)n2nc(-n3cccn3)ccc2=O)sn1. The molecule has 23 heavy (non-hydrogen) atoms. The molecular weight excluding hydrogens is 316 g/mol. The molecule has 3 aromatic rings. The van der Waals surface area contributed by atoms with Gasteiger partial charge in [0.25, 0.3) is 5.56 Å². The number of nitrogens with zero attached hydrogens (tertiary/aromatic N) is 5. The van der Waals surface area contributed by atoms with E-state index in [9.17, 15) is 9.59 Å². The van der Waals surface area contributed by atoms with Gasteiger partial charge in [-0.05, 0) is 43.6 Å². The molecular formula is C14H14N6O2S. The Hall–Kier alpha value is -2.81. The van der Waals surface area contributed by atoms with Crippen molar-refractivity contribution in [3.05, 3.63) is 52.7 Å². The molecule has 0 aromatic carbocycles. The number of anilines is 1. The number of amides is 1. The van der Waals surface area contributed by atoms with Crippen LogP contribution in [0.4, 0.5) is 5.00 Å². The predicted octanol–water partition coefficient (Wildman–Crippen LogP) is 1.39. The van der Waals surface area contributed by atoms with Crippen molar-refractivity contribution in [3.63, 3.8) is 0 Å². The topological polar surface area (TPSA) is 94.7 Å². The summed E-state index contributed by atoms with van der Waals surface area (Å²) in [4.78, 5) is 24.3. The van der Waals surface area contributed by atoms with Crippen molar-refractivity contribution in [1.29, 1.82) is 0 Å². The summed E-state index contributed by atoms with van der Waals surface area (Å²) in [6.45, 7) is 3.46. The van der Waals surface area contributed by atoms with Crippen LogP contribution in [0.5, 0.6) is 0 Å². The van der Waals surface area contributed by atoms with Crippen LogP contribution >= 0.6 is 11.5 Å². The molecule has 0 saturated carbocycles. The Labute approximate surface area is 135 Å². The molecule has 0 aliphatic carbocycles. The monoisotopic (exact) mass is 330 g/mol. The molecule has 8 nitrogen and oxygen atoms in total. The highest BCUT2D eigenvalue weighted by Gasteiger charge is 2.19. The van der Waals surface area contributed by atoms with Crippen LogP contribution in [0.25, 0.3) is 5.82 Å². The Morgan fingerprint density at radius 2 is 2.22 bits per heavy atom. The lowest BCUT2D eigenvalue weighted by Gasteiger charge is -2.14. The van der Waals surface area contributed by atoms with E-state index in [1.54, 1.807) is 37.5 Å². The van der Waals surface area contributed by atoms with E-state index < -0.39 is 6.04 Å². The summed E-state index contributed by atoms with van der Waals surface area (Å²) < 4.78 is 6.76. The Morgan fingerprint density at radius 1 is 1.39 bits per heavy atom. The average molecular weight is 330 g/mol. The highest BCUT2D eigenvalue weighted by Crippen LogP contribution is 2.17. The minimum absolute atomic E-state index is 0.333. The van der Waals surface area contributed by atoms with Crippen molar-refractivity contribution < 1.29 is 4.79 Å². The van der Waals surface area contributed by atoms with E-state index in [1.807, 2.05) is 6.92 Å². The van der Waals surface area contributed by atoms with E-state index in [0.717, 1.165) is 10.4 Å². The van der Waals surface area contributed by atoms with Gasteiger partial charge in [0.15, 0.2) is 5.82 Å². The zero-order valence-electron chi connectivity index (χ0n) is 12.5. The Kier molecular flexibility index (Phi) is 4.02. The minimum Gasteiger partial charge on any atom is -0.315 e. The number of carbonyl (C=O) groups is 1. The van der Waals surface area contributed by atoms with Gasteiger partial charge in [-0.3, -0.25) is 9.59 Å². The second-order valence-electron chi connectivity index (χ2n) is 4.92. The first-order valence-corrected chi connectivity index (χ1v) is 7.66. The number of aromatic nitrogens is 5. The second-order valence-corrected chi connectivity index (χ2v) is 5.73. The van der Waals surface area contributed by atoms with Gasteiger partial charge in [0.2, 0.25) is 5.91 Å². The highest BCUT2D eigenvalue weighted by molar-refractivity contribution is 7.10. The predicted molar refractivity (Wildman–Crippen MR) is 85.8 cm³/mol. The number of carbonyl (C=O) groups excluding carboxylic acids is 1. The number of aryl methyl sites for hydroxylation is 1. The van der Waals surface area contributed by atoms with E-state index in [2.05, 4.69) is 19.9 Å². The first-order chi connectivity index (χ1) is 11.0. The van der Waals surface area contributed by atoms with Crippen molar-refractivity contribution >= 4 is 22.4 Å². The fourth-order valence-electron chi connectivity index (χ4n) is 1.98. The first kappa shape index (κ1) is 15.1. The largest absolute Gasteiger partial charge is 0.315 e. The van der Waals surface area contributed by atoms with Crippen LogP contribution in [-0.4, -0.2) is 29.8 Å². The molecule has 0 aliphatic heterocycles. The van der Waals surface area contributed by atoms with E-state index in [0.29, 0.717) is 10.8 Å². The molecule has 0 saturated heterocycles. The maximum absolute atomic E-state index is 12.3. The molecule has 0 radical (unpaired) electrons. The number of hydrogen-bond donors (Lipinski definition) is 1. The molecule has 3 heterocycles. The van der Waals surface area contributed by atoms with Gasteiger partial charge in [0.1, 0.15) is 11.0 Å². The van der Waals surface area contributed by atoms with Crippen LogP contribution in [0.2, 0.25) is 0 Å². The van der Waals surface area contributed by atoms with E-state index in [4.69, 9.17) is 0 Å². The van der Waals surface area contributed by atoms with Crippen LogP contribution in [0.1, 0.15) is 18.7 Å². The summed E-state index contributed by atoms with van der Waals surface area (Å²) in [7, 11) is 0. The zero-order valence-corrected chi connectivity index (χ0v) is 13.3. The molecule has 3 rings (SSSR count). The van der Waals surface area contributed by atoms with Crippen molar-refractivity contribution in [1.82, 2.24) is 23.9 Å².